The first kappa shape index (κ1) is 20.5. The maximum absolute atomic E-state index is 13.0. The lowest BCUT2D eigenvalue weighted by Crippen LogP contribution is -2.41. The summed E-state index contributed by atoms with van der Waals surface area (Å²) in [6.45, 7) is 2.58. The smallest absolute Gasteiger partial charge is 0.243 e. The number of nitrogens with zero attached hydrogens (tertiary/aromatic N) is 1. The Labute approximate surface area is 175 Å². The number of methoxy groups -OCH3 is 1. The van der Waals surface area contributed by atoms with Crippen LogP contribution in [0.15, 0.2) is 41.3 Å². The summed E-state index contributed by atoms with van der Waals surface area (Å²) in [7, 11) is -2.06. The SMILES string of the molecule is COc1ccc(S(=O)(=O)N2CCC(C(=O)Nc3ccc4c(c3)OCO4)CC2)cc1C. The fourth-order valence-corrected chi connectivity index (χ4v) is 5.29. The highest BCUT2D eigenvalue weighted by Gasteiger charge is 2.32. The van der Waals surface area contributed by atoms with Gasteiger partial charge in [0.1, 0.15) is 5.75 Å². The molecule has 0 saturated carbocycles. The monoisotopic (exact) mass is 432 g/mol. The van der Waals surface area contributed by atoms with Crippen LogP contribution in [-0.4, -0.2) is 45.6 Å². The third-order valence-corrected chi connectivity index (χ3v) is 7.36. The van der Waals surface area contributed by atoms with E-state index in [4.69, 9.17) is 14.2 Å². The van der Waals surface area contributed by atoms with Gasteiger partial charge in [0.2, 0.25) is 22.7 Å². The minimum Gasteiger partial charge on any atom is -0.496 e. The van der Waals surface area contributed by atoms with Crippen molar-refractivity contribution in [3.63, 3.8) is 0 Å². The second-order valence-corrected chi connectivity index (χ2v) is 9.31. The van der Waals surface area contributed by atoms with Crippen molar-refractivity contribution in [2.75, 3.05) is 32.3 Å². The van der Waals surface area contributed by atoms with Crippen molar-refractivity contribution in [2.24, 2.45) is 5.92 Å². The van der Waals surface area contributed by atoms with E-state index >= 15 is 0 Å². The fourth-order valence-electron chi connectivity index (χ4n) is 3.74. The van der Waals surface area contributed by atoms with Gasteiger partial charge in [-0.15, -0.1) is 0 Å². The minimum absolute atomic E-state index is 0.119. The van der Waals surface area contributed by atoms with Crippen molar-refractivity contribution in [2.45, 2.75) is 24.7 Å². The van der Waals surface area contributed by atoms with Crippen LogP contribution in [0.3, 0.4) is 0 Å². The van der Waals surface area contributed by atoms with E-state index in [-0.39, 0.29) is 23.5 Å². The first-order chi connectivity index (χ1) is 14.4. The fraction of sp³-hybridized carbons (Fsp3) is 0.381. The molecule has 2 aromatic rings. The third-order valence-electron chi connectivity index (χ3n) is 5.47. The number of benzene rings is 2. The van der Waals surface area contributed by atoms with E-state index in [0.29, 0.717) is 48.9 Å². The molecule has 2 heterocycles. The van der Waals surface area contributed by atoms with Gasteiger partial charge in [-0.3, -0.25) is 4.79 Å². The molecular formula is C21H24N2O6S. The molecule has 0 aromatic heterocycles. The minimum atomic E-state index is -3.61. The zero-order valence-corrected chi connectivity index (χ0v) is 17.7. The number of aryl methyl sites for hydroxylation is 1. The van der Waals surface area contributed by atoms with E-state index in [1.54, 1.807) is 43.5 Å². The van der Waals surface area contributed by atoms with Gasteiger partial charge in [0.15, 0.2) is 11.5 Å². The molecule has 1 N–H and O–H groups in total. The number of anilines is 1. The third kappa shape index (κ3) is 3.95. The lowest BCUT2D eigenvalue weighted by atomic mass is 9.97. The number of nitrogens with one attached hydrogen (secondary N) is 1. The average Bonchev–Trinajstić information content (AvgIpc) is 3.21. The number of carbonyl (C=O) groups excluding carboxylic acids is 1. The van der Waals surface area contributed by atoms with Crippen LogP contribution in [0.2, 0.25) is 0 Å². The van der Waals surface area contributed by atoms with Crippen molar-refractivity contribution in [1.29, 1.82) is 0 Å². The number of fused-ring (bicyclic) bond motifs is 1. The van der Waals surface area contributed by atoms with E-state index in [9.17, 15) is 13.2 Å². The molecule has 2 aromatic carbocycles. The molecule has 1 fully saturated rings. The molecule has 160 valence electrons. The molecule has 8 nitrogen and oxygen atoms in total. The molecule has 0 radical (unpaired) electrons. The van der Waals surface area contributed by atoms with E-state index in [0.717, 1.165) is 5.56 Å². The molecule has 0 unspecified atom stereocenters. The lowest BCUT2D eigenvalue weighted by molar-refractivity contribution is -0.120. The van der Waals surface area contributed by atoms with Crippen LogP contribution in [0.5, 0.6) is 17.2 Å². The van der Waals surface area contributed by atoms with Crippen LogP contribution in [0, 0.1) is 12.8 Å². The zero-order valence-electron chi connectivity index (χ0n) is 16.9. The van der Waals surface area contributed by atoms with Gasteiger partial charge < -0.3 is 19.5 Å². The Kier molecular flexibility index (Phi) is 5.57. The molecule has 0 atom stereocenters. The average molecular weight is 432 g/mol. The van der Waals surface area contributed by atoms with Crippen LogP contribution < -0.4 is 19.5 Å². The highest BCUT2D eigenvalue weighted by atomic mass is 32.2. The molecule has 2 aliphatic heterocycles. The molecular weight excluding hydrogens is 408 g/mol. The summed E-state index contributed by atoms with van der Waals surface area (Å²) < 4.78 is 43.2. The van der Waals surface area contributed by atoms with Gasteiger partial charge in [-0.2, -0.15) is 4.31 Å². The first-order valence-corrected chi connectivity index (χ1v) is 11.2. The van der Waals surface area contributed by atoms with Gasteiger partial charge in [-0.25, -0.2) is 8.42 Å². The van der Waals surface area contributed by atoms with Gasteiger partial charge in [0, 0.05) is 30.8 Å². The topological polar surface area (TPSA) is 94.2 Å². The summed E-state index contributed by atoms with van der Waals surface area (Å²) in [6.07, 6.45) is 0.926. The summed E-state index contributed by atoms with van der Waals surface area (Å²) in [6, 6.07) is 10.1. The van der Waals surface area contributed by atoms with Gasteiger partial charge >= 0.3 is 0 Å². The predicted molar refractivity (Wildman–Crippen MR) is 110 cm³/mol. The van der Waals surface area contributed by atoms with Crippen LogP contribution in [0.25, 0.3) is 0 Å². The Hall–Kier alpha value is -2.78. The molecule has 9 heteroatoms. The molecule has 0 aliphatic carbocycles. The second-order valence-electron chi connectivity index (χ2n) is 7.37. The van der Waals surface area contributed by atoms with Gasteiger partial charge in [-0.1, -0.05) is 0 Å². The molecule has 0 spiro atoms. The summed E-state index contributed by atoms with van der Waals surface area (Å²) in [5, 5.41) is 2.89. The highest BCUT2D eigenvalue weighted by molar-refractivity contribution is 7.89. The summed E-state index contributed by atoms with van der Waals surface area (Å²) in [4.78, 5) is 12.9. The maximum Gasteiger partial charge on any atom is 0.243 e. The predicted octanol–water partition coefficient (Wildman–Crippen LogP) is 2.77. The van der Waals surface area contributed by atoms with Crippen molar-refractivity contribution in [1.82, 2.24) is 4.31 Å². The van der Waals surface area contributed by atoms with Crippen molar-refractivity contribution in [3.8, 4) is 17.2 Å². The molecule has 4 rings (SSSR count). The molecule has 1 amide bonds. The summed E-state index contributed by atoms with van der Waals surface area (Å²) >= 11 is 0. The molecule has 30 heavy (non-hydrogen) atoms. The van der Waals surface area contributed by atoms with Gasteiger partial charge in [-0.05, 0) is 55.7 Å². The molecule has 2 aliphatic rings. The summed E-state index contributed by atoms with van der Waals surface area (Å²) in [5.74, 6) is 1.53. The Balaban J connectivity index is 1.38. The van der Waals surface area contributed by atoms with E-state index < -0.39 is 10.0 Å². The van der Waals surface area contributed by atoms with Crippen LogP contribution >= 0.6 is 0 Å². The van der Waals surface area contributed by atoms with Gasteiger partial charge in [0.25, 0.3) is 0 Å². The van der Waals surface area contributed by atoms with Crippen LogP contribution in [0.4, 0.5) is 5.69 Å². The van der Waals surface area contributed by atoms with Crippen molar-refractivity contribution >= 4 is 21.6 Å². The summed E-state index contributed by atoms with van der Waals surface area (Å²) in [5.41, 5.74) is 1.39. The Morgan fingerprint density at radius 1 is 1.10 bits per heavy atom. The lowest BCUT2D eigenvalue weighted by Gasteiger charge is -2.30. The number of amides is 1. The van der Waals surface area contributed by atoms with E-state index in [1.807, 2.05) is 6.92 Å². The highest BCUT2D eigenvalue weighted by Crippen LogP contribution is 2.34. The number of sulfonamides is 1. The van der Waals surface area contributed by atoms with Crippen LogP contribution in [0.1, 0.15) is 18.4 Å². The maximum atomic E-state index is 13.0. The Bertz CT molecular complexity index is 1060. The Morgan fingerprint density at radius 2 is 1.83 bits per heavy atom. The van der Waals surface area contributed by atoms with Gasteiger partial charge in [0.05, 0.1) is 12.0 Å². The van der Waals surface area contributed by atoms with Crippen LogP contribution in [-0.2, 0) is 14.8 Å². The Morgan fingerprint density at radius 3 is 2.53 bits per heavy atom. The first-order valence-electron chi connectivity index (χ1n) is 9.74. The number of ether oxygens (including phenoxy) is 3. The quantitative estimate of drug-likeness (QED) is 0.781. The second kappa shape index (κ2) is 8.16. The van der Waals surface area contributed by atoms with Crippen molar-refractivity contribution in [3.05, 3.63) is 42.0 Å². The standard InChI is InChI=1S/C21H24N2O6S/c1-14-11-17(4-6-18(14)27-2)30(25,26)23-9-7-15(8-10-23)21(24)22-16-3-5-19-20(12-16)29-13-28-19/h3-6,11-12,15H,7-10,13H2,1-2H3,(H,22,24). The van der Waals surface area contributed by atoms with E-state index in [1.165, 1.54) is 4.31 Å². The number of hydrogen-bond acceptors (Lipinski definition) is 6. The van der Waals surface area contributed by atoms with Crippen molar-refractivity contribution < 1.29 is 27.4 Å². The number of rotatable bonds is 5. The number of piperidine rings is 1. The zero-order chi connectivity index (χ0) is 21.3. The molecule has 1 saturated heterocycles. The normalized spacial score (nSPS) is 17.0. The molecule has 0 bridgehead atoms. The van der Waals surface area contributed by atoms with E-state index in [2.05, 4.69) is 5.32 Å². The largest absolute Gasteiger partial charge is 0.496 e. The number of hydrogen-bond donors (Lipinski definition) is 1. The number of carbonyl (C=O) groups is 1.